The molecule has 0 saturated carbocycles. The summed E-state index contributed by atoms with van der Waals surface area (Å²) in [6.07, 6.45) is 4.34. The number of rotatable bonds is 9. The highest BCUT2D eigenvalue weighted by molar-refractivity contribution is 7.90. The summed E-state index contributed by atoms with van der Waals surface area (Å²) in [5, 5.41) is 3.42. The molecule has 0 amide bonds. The van der Waals surface area contributed by atoms with Gasteiger partial charge in [-0.2, -0.15) is 0 Å². The normalized spacial score (nSPS) is 18.9. The van der Waals surface area contributed by atoms with Crippen molar-refractivity contribution >= 4 is 10.0 Å². The minimum atomic E-state index is -3.42. The molecular weight excluding hydrogens is 336 g/mol. The van der Waals surface area contributed by atoms with Crippen molar-refractivity contribution in [3.05, 3.63) is 29.8 Å². The Hall–Kier alpha value is -1.11. The summed E-state index contributed by atoms with van der Waals surface area (Å²) in [5.41, 5.74) is 0.764. The number of hydrogen-bond acceptors (Lipinski definition) is 4. The zero-order valence-electron chi connectivity index (χ0n) is 15.7. The minimum absolute atomic E-state index is 0.461. The van der Waals surface area contributed by atoms with Gasteiger partial charge in [0, 0.05) is 6.54 Å². The molecule has 1 aromatic carbocycles. The summed E-state index contributed by atoms with van der Waals surface area (Å²) in [6, 6.07) is 7.43. The van der Waals surface area contributed by atoms with Gasteiger partial charge in [-0.25, -0.2) is 13.1 Å². The van der Waals surface area contributed by atoms with E-state index in [-0.39, 0.29) is 0 Å². The van der Waals surface area contributed by atoms with E-state index in [1.807, 2.05) is 31.2 Å². The van der Waals surface area contributed by atoms with Crippen LogP contribution in [-0.4, -0.2) is 34.7 Å². The van der Waals surface area contributed by atoms with E-state index in [1.165, 1.54) is 12.8 Å². The lowest BCUT2D eigenvalue weighted by Gasteiger charge is -2.26. The molecule has 6 heteroatoms. The minimum Gasteiger partial charge on any atom is -0.494 e. The summed E-state index contributed by atoms with van der Waals surface area (Å²) in [4.78, 5) is 0. The lowest BCUT2D eigenvalue weighted by atomic mass is 9.97. The fourth-order valence-corrected chi connectivity index (χ4v) is 4.32. The van der Waals surface area contributed by atoms with Crippen LogP contribution in [0.15, 0.2) is 24.3 Å². The Morgan fingerprint density at radius 3 is 2.60 bits per heavy atom. The molecule has 0 radical (unpaired) electrons. The van der Waals surface area contributed by atoms with Gasteiger partial charge in [0.1, 0.15) is 10.5 Å². The molecule has 1 aliphatic rings. The summed E-state index contributed by atoms with van der Waals surface area (Å²) in [6.45, 7) is 8.79. The molecule has 0 bridgehead atoms. The van der Waals surface area contributed by atoms with E-state index in [9.17, 15) is 8.42 Å². The second-order valence-electron chi connectivity index (χ2n) is 7.28. The molecule has 0 aliphatic carbocycles. The molecule has 25 heavy (non-hydrogen) atoms. The maximum atomic E-state index is 12.5. The molecule has 1 aromatic rings. The van der Waals surface area contributed by atoms with Gasteiger partial charge in [0.2, 0.25) is 10.0 Å². The largest absolute Gasteiger partial charge is 0.494 e. The Kier molecular flexibility index (Phi) is 7.28. The Morgan fingerprint density at radius 2 is 2.00 bits per heavy atom. The smallest absolute Gasteiger partial charge is 0.221 e. The molecule has 5 nitrogen and oxygen atoms in total. The molecule has 1 heterocycles. The predicted molar refractivity (Wildman–Crippen MR) is 102 cm³/mol. The van der Waals surface area contributed by atoms with Crippen LogP contribution in [0.1, 0.15) is 52.0 Å². The zero-order valence-corrected chi connectivity index (χ0v) is 16.5. The zero-order chi connectivity index (χ0) is 18.3. The van der Waals surface area contributed by atoms with Crippen LogP contribution in [0.4, 0.5) is 0 Å². The SMILES string of the molecule is CCCNS(=O)(=O)C(C)(C)c1ccc(OCCC2CCCNC2)cc1. The fraction of sp³-hybridized carbons (Fsp3) is 0.684. The van der Waals surface area contributed by atoms with E-state index >= 15 is 0 Å². The van der Waals surface area contributed by atoms with Crippen LogP contribution < -0.4 is 14.8 Å². The van der Waals surface area contributed by atoms with Crippen LogP contribution in [0, 0.1) is 5.92 Å². The van der Waals surface area contributed by atoms with E-state index in [4.69, 9.17) is 4.74 Å². The quantitative estimate of drug-likeness (QED) is 0.703. The molecule has 0 aromatic heterocycles. The van der Waals surface area contributed by atoms with Crippen molar-refractivity contribution in [1.82, 2.24) is 10.0 Å². The first-order valence-electron chi connectivity index (χ1n) is 9.30. The Labute approximate surface area is 152 Å². The molecule has 0 spiro atoms. The first kappa shape index (κ1) is 20.2. The van der Waals surface area contributed by atoms with Crippen molar-refractivity contribution < 1.29 is 13.2 Å². The highest BCUT2D eigenvalue weighted by Gasteiger charge is 2.35. The molecule has 1 aliphatic heterocycles. The predicted octanol–water partition coefficient (Wildman–Crippen LogP) is 3.02. The standard InChI is InChI=1S/C19H32N2O3S/c1-4-12-21-25(22,23)19(2,3)17-7-9-18(10-8-17)24-14-11-16-6-5-13-20-15-16/h7-10,16,20-21H,4-6,11-15H2,1-3H3. The van der Waals surface area contributed by atoms with E-state index in [0.717, 1.165) is 37.2 Å². The van der Waals surface area contributed by atoms with Crippen molar-refractivity contribution in [3.63, 3.8) is 0 Å². The monoisotopic (exact) mass is 368 g/mol. The van der Waals surface area contributed by atoms with Gasteiger partial charge in [-0.1, -0.05) is 19.1 Å². The van der Waals surface area contributed by atoms with Gasteiger partial charge in [0.15, 0.2) is 0 Å². The summed E-state index contributed by atoms with van der Waals surface area (Å²) in [7, 11) is -3.42. The first-order valence-corrected chi connectivity index (χ1v) is 10.8. The van der Waals surface area contributed by atoms with E-state index in [0.29, 0.717) is 19.1 Å². The molecule has 1 unspecified atom stereocenters. The lowest BCUT2D eigenvalue weighted by Crippen LogP contribution is -2.39. The van der Waals surface area contributed by atoms with Crippen molar-refractivity contribution in [2.75, 3.05) is 26.2 Å². The summed E-state index contributed by atoms with van der Waals surface area (Å²) >= 11 is 0. The van der Waals surface area contributed by atoms with Gasteiger partial charge >= 0.3 is 0 Å². The topological polar surface area (TPSA) is 67.4 Å². The average molecular weight is 369 g/mol. The molecule has 1 saturated heterocycles. The van der Waals surface area contributed by atoms with Gasteiger partial charge < -0.3 is 10.1 Å². The van der Waals surface area contributed by atoms with Gasteiger partial charge in [-0.3, -0.25) is 0 Å². The summed E-state index contributed by atoms with van der Waals surface area (Å²) < 4.78 is 32.5. The average Bonchev–Trinajstić information content (AvgIpc) is 2.61. The number of benzene rings is 1. The van der Waals surface area contributed by atoms with Gasteiger partial charge in [-0.15, -0.1) is 0 Å². The molecule has 2 rings (SSSR count). The van der Waals surface area contributed by atoms with Gasteiger partial charge in [0.05, 0.1) is 6.61 Å². The maximum Gasteiger partial charge on any atom is 0.221 e. The number of nitrogens with one attached hydrogen (secondary N) is 2. The molecule has 1 atom stereocenters. The number of hydrogen-bond donors (Lipinski definition) is 2. The third kappa shape index (κ3) is 5.43. The second kappa shape index (κ2) is 9.01. The second-order valence-corrected chi connectivity index (χ2v) is 9.60. The van der Waals surface area contributed by atoms with Gasteiger partial charge in [0.25, 0.3) is 0 Å². The van der Waals surface area contributed by atoms with E-state index < -0.39 is 14.8 Å². The number of ether oxygens (including phenoxy) is 1. The summed E-state index contributed by atoms with van der Waals surface area (Å²) in [5.74, 6) is 1.49. The Balaban J connectivity index is 1.91. The van der Waals surface area contributed by atoms with Crippen molar-refractivity contribution in [2.45, 2.75) is 51.2 Å². The Bertz CT molecular complexity index is 621. The van der Waals surface area contributed by atoms with Crippen LogP contribution in [0.25, 0.3) is 0 Å². The third-order valence-corrected chi connectivity index (χ3v) is 7.12. The fourth-order valence-electron chi connectivity index (χ4n) is 3.04. The molecule has 1 fully saturated rings. The first-order chi connectivity index (χ1) is 11.9. The molecular formula is C19H32N2O3S. The van der Waals surface area contributed by atoms with Crippen LogP contribution in [0.3, 0.4) is 0 Å². The van der Waals surface area contributed by atoms with Crippen molar-refractivity contribution in [3.8, 4) is 5.75 Å². The molecule has 142 valence electrons. The van der Waals surface area contributed by atoms with Crippen LogP contribution in [0.5, 0.6) is 5.75 Å². The number of sulfonamides is 1. The highest BCUT2D eigenvalue weighted by Crippen LogP contribution is 2.30. The maximum absolute atomic E-state index is 12.5. The van der Waals surface area contributed by atoms with Crippen molar-refractivity contribution in [1.29, 1.82) is 0 Å². The molecule has 2 N–H and O–H groups in total. The Morgan fingerprint density at radius 1 is 1.28 bits per heavy atom. The van der Waals surface area contributed by atoms with Crippen LogP contribution in [-0.2, 0) is 14.8 Å². The van der Waals surface area contributed by atoms with Crippen molar-refractivity contribution in [2.24, 2.45) is 5.92 Å². The van der Waals surface area contributed by atoms with E-state index in [1.54, 1.807) is 13.8 Å². The van der Waals surface area contributed by atoms with Crippen LogP contribution in [0.2, 0.25) is 0 Å². The lowest BCUT2D eigenvalue weighted by molar-refractivity contribution is 0.254. The number of piperidine rings is 1. The highest BCUT2D eigenvalue weighted by atomic mass is 32.2. The van der Waals surface area contributed by atoms with Crippen LogP contribution >= 0.6 is 0 Å². The van der Waals surface area contributed by atoms with E-state index in [2.05, 4.69) is 10.0 Å². The third-order valence-electron chi connectivity index (χ3n) is 4.96. The van der Waals surface area contributed by atoms with Gasteiger partial charge in [-0.05, 0) is 76.2 Å².